The summed E-state index contributed by atoms with van der Waals surface area (Å²) >= 11 is 0. The normalized spacial score (nSPS) is 26.7. The average Bonchev–Trinajstić information content (AvgIpc) is 2.96. The van der Waals surface area contributed by atoms with E-state index < -0.39 is 11.4 Å². The van der Waals surface area contributed by atoms with E-state index in [0.29, 0.717) is 25.3 Å². The van der Waals surface area contributed by atoms with Crippen LogP contribution in [-0.2, 0) is 20.7 Å². The molecule has 0 saturated carbocycles. The smallest absolute Gasteiger partial charge is 0.314 e. The molecule has 1 aromatic carbocycles. The maximum Gasteiger partial charge on any atom is 0.314 e. The van der Waals surface area contributed by atoms with Crippen molar-refractivity contribution < 1.29 is 24.2 Å². The fraction of sp³-hybridized carbons (Fsp3) is 0.529. The van der Waals surface area contributed by atoms with E-state index in [0.717, 1.165) is 5.56 Å². The van der Waals surface area contributed by atoms with Crippen molar-refractivity contribution in [1.29, 1.82) is 0 Å². The Morgan fingerprint density at radius 1 is 1.43 bits per heavy atom. The molecule has 6 heteroatoms. The summed E-state index contributed by atoms with van der Waals surface area (Å²) in [6.07, 6.45) is 0.901. The second kappa shape index (κ2) is 6.20. The molecule has 0 spiro atoms. The van der Waals surface area contributed by atoms with Crippen LogP contribution in [0.2, 0.25) is 0 Å². The third-order valence-electron chi connectivity index (χ3n) is 4.98. The Morgan fingerprint density at radius 3 is 2.91 bits per heavy atom. The van der Waals surface area contributed by atoms with E-state index in [4.69, 9.17) is 9.47 Å². The van der Waals surface area contributed by atoms with Crippen LogP contribution < -0.4 is 4.74 Å². The molecular formula is C17H21NO5. The number of carboxylic acids is 1. The van der Waals surface area contributed by atoms with Gasteiger partial charge in [0.25, 0.3) is 0 Å². The van der Waals surface area contributed by atoms with Crippen molar-refractivity contribution in [2.24, 2.45) is 11.3 Å². The molecule has 2 fully saturated rings. The number of carbonyl (C=O) groups is 2. The quantitative estimate of drug-likeness (QED) is 0.902. The number of hydrogen-bond acceptors (Lipinski definition) is 4. The van der Waals surface area contributed by atoms with E-state index in [1.807, 2.05) is 24.3 Å². The molecule has 2 saturated heterocycles. The van der Waals surface area contributed by atoms with E-state index in [1.54, 1.807) is 12.0 Å². The van der Waals surface area contributed by atoms with Gasteiger partial charge in [0.15, 0.2) is 0 Å². The van der Waals surface area contributed by atoms with Crippen molar-refractivity contribution in [2.75, 3.05) is 33.4 Å². The van der Waals surface area contributed by atoms with Crippen LogP contribution in [0, 0.1) is 11.3 Å². The Bertz CT molecular complexity index is 617. The first kappa shape index (κ1) is 15.8. The van der Waals surface area contributed by atoms with Gasteiger partial charge in [-0.15, -0.1) is 0 Å². The maximum atomic E-state index is 12.6. The molecular weight excluding hydrogens is 298 g/mol. The van der Waals surface area contributed by atoms with Crippen LogP contribution in [0.3, 0.4) is 0 Å². The van der Waals surface area contributed by atoms with Crippen LogP contribution in [0.1, 0.15) is 12.0 Å². The topological polar surface area (TPSA) is 76.1 Å². The van der Waals surface area contributed by atoms with Gasteiger partial charge in [-0.05, 0) is 18.4 Å². The minimum atomic E-state index is -0.950. The highest BCUT2D eigenvalue weighted by molar-refractivity contribution is 5.83. The lowest BCUT2D eigenvalue weighted by Crippen LogP contribution is -2.46. The van der Waals surface area contributed by atoms with Crippen LogP contribution in [-0.4, -0.2) is 55.3 Å². The Balaban J connectivity index is 1.75. The van der Waals surface area contributed by atoms with Crippen molar-refractivity contribution in [3.8, 4) is 5.75 Å². The number of para-hydroxylation sites is 1. The molecule has 0 radical (unpaired) electrons. The Labute approximate surface area is 135 Å². The molecule has 0 aliphatic carbocycles. The predicted octanol–water partition coefficient (Wildman–Crippen LogP) is 1.19. The number of methoxy groups -OCH3 is 1. The van der Waals surface area contributed by atoms with E-state index in [1.165, 1.54) is 0 Å². The highest BCUT2D eigenvalue weighted by atomic mass is 16.5. The van der Waals surface area contributed by atoms with Gasteiger partial charge >= 0.3 is 5.97 Å². The molecule has 2 aliphatic heterocycles. The van der Waals surface area contributed by atoms with Crippen molar-refractivity contribution in [2.45, 2.75) is 12.8 Å². The summed E-state index contributed by atoms with van der Waals surface area (Å²) in [4.78, 5) is 26.0. The van der Waals surface area contributed by atoms with Crippen molar-refractivity contribution >= 4 is 11.9 Å². The van der Waals surface area contributed by atoms with Gasteiger partial charge in [0, 0.05) is 25.3 Å². The summed E-state index contributed by atoms with van der Waals surface area (Å²) in [6, 6.07) is 7.39. The molecule has 1 amide bonds. The molecule has 1 N–H and O–H groups in total. The largest absolute Gasteiger partial charge is 0.496 e. The van der Waals surface area contributed by atoms with Gasteiger partial charge in [0.05, 0.1) is 20.1 Å². The van der Waals surface area contributed by atoms with Crippen molar-refractivity contribution in [3.05, 3.63) is 29.8 Å². The molecule has 0 bridgehead atoms. The Kier molecular flexibility index (Phi) is 4.26. The number of carbonyl (C=O) groups excluding carboxylic acids is 1. The second-order valence-corrected chi connectivity index (χ2v) is 6.26. The number of benzene rings is 1. The van der Waals surface area contributed by atoms with Crippen LogP contribution in [0.25, 0.3) is 0 Å². The Morgan fingerprint density at radius 2 is 2.22 bits per heavy atom. The summed E-state index contributed by atoms with van der Waals surface area (Å²) in [7, 11) is 1.57. The Hall–Kier alpha value is -2.08. The summed E-state index contributed by atoms with van der Waals surface area (Å²) in [5.74, 6) is -0.288. The van der Waals surface area contributed by atoms with Crippen LogP contribution in [0.15, 0.2) is 24.3 Å². The molecule has 23 heavy (non-hydrogen) atoms. The molecule has 1 aromatic rings. The summed E-state index contributed by atoms with van der Waals surface area (Å²) in [5.41, 5.74) is -0.134. The van der Waals surface area contributed by atoms with E-state index in [-0.39, 0.29) is 31.4 Å². The molecule has 0 unspecified atom stereocenters. The van der Waals surface area contributed by atoms with Crippen molar-refractivity contribution in [1.82, 2.24) is 4.90 Å². The van der Waals surface area contributed by atoms with Crippen LogP contribution in [0.4, 0.5) is 0 Å². The summed E-state index contributed by atoms with van der Waals surface area (Å²) in [6.45, 7) is 1.46. The summed E-state index contributed by atoms with van der Waals surface area (Å²) < 4.78 is 10.7. The first-order valence-electron chi connectivity index (χ1n) is 7.77. The van der Waals surface area contributed by atoms with Gasteiger partial charge in [0.1, 0.15) is 11.2 Å². The van der Waals surface area contributed by atoms with E-state index in [9.17, 15) is 14.7 Å². The van der Waals surface area contributed by atoms with E-state index >= 15 is 0 Å². The number of amides is 1. The number of likely N-dealkylation sites (tertiary alicyclic amines) is 1. The molecule has 2 heterocycles. The zero-order valence-electron chi connectivity index (χ0n) is 13.2. The van der Waals surface area contributed by atoms with Gasteiger partial charge in [0.2, 0.25) is 5.91 Å². The van der Waals surface area contributed by atoms with Gasteiger partial charge < -0.3 is 19.5 Å². The first-order valence-corrected chi connectivity index (χ1v) is 7.77. The van der Waals surface area contributed by atoms with Crippen LogP contribution >= 0.6 is 0 Å². The van der Waals surface area contributed by atoms with Crippen molar-refractivity contribution in [3.63, 3.8) is 0 Å². The number of carboxylic acid groups (broad SMARTS) is 1. The van der Waals surface area contributed by atoms with Gasteiger partial charge in [-0.25, -0.2) is 0 Å². The minimum Gasteiger partial charge on any atom is -0.496 e. The third kappa shape index (κ3) is 2.79. The minimum absolute atomic E-state index is 0.0321. The lowest BCUT2D eigenvalue weighted by Gasteiger charge is -2.33. The zero-order chi connectivity index (χ0) is 16.4. The molecule has 2 aliphatic rings. The number of fused-ring (bicyclic) bond motifs is 1. The summed E-state index contributed by atoms with van der Waals surface area (Å²) in [5, 5.41) is 9.63. The molecule has 2 atom stereocenters. The molecule has 6 nitrogen and oxygen atoms in total. The van der Waals surface area contributed by atoms with Crippen LogP contribution in [0.5, 0.6) is 5.75 Å². The highest BCUT2D eigenvalue weighted by Gasteiger charge is 2.55. The monoisotopic (exact) mass is 319 g/mol. The third-order valence-corrected chi connectivity index (χ3v) is 4.98. The SMILES string of the molecule is COc1ccccc1CC(=O)N1C[C@@H]2CCOC[C@]2(C(=O)O)C1. The molecule has 0 aromatic heterocycles. The fourth-order valence-electron chi connectivity index (χ4n) is 3.60. The fourth-order valence-corrected chi connectivity index (χ4v) is 3.60. The molecule has 3 rings (SSSR count). The second-order valence-electron chi connectivity index (χ2n) is 6.26. The number of ether oxygens (including phenoxy) is 2. The van der Waals surface area contributed by atoms with E-state index in [2.05, 4.69) is 0 Å². The van der Waals surface area contributed by atoms with Gasteiger partial charge in [-0.3, -0.25) is 9.59 Å². The number of rotatable bonds is 4. The number of hydrogen-bond donors (Lipinski definition) is 1. The first-order chi connectivity index (χ1) is 11.1. The standard InChI is InChI=1S/C17H21NO5/c1-22-14-5-3-2-4-12(14)8-15(19)18-9-13-6-7-23-11-17(13,10-18)16(20)21/h2-5,13H,6-11H2,1H3,(H,20,21)/t13-,17+/m0/s1. The predicted molar refractivity (Wildman–Crippen MR) is 82.3 cm³/mol. The van der Waals surface area contributed by atoms with Gasteiger partial charge in [-0.2, -0.15) is 0 Å². The highest BCUT2D eigenvalue weighted by Crippen LogP contribution is 2.41. The number of nitrogens with zero attached hydrogens (tertiary/aromatic N) is 1. The lowest BCUT2D eigenvalue weighted by molar-refractivity contribution is -0.159. The zero-order valence-corrected chi connectivity index (χ0v) is 13.2. The number of aliphatic carboxylic acids is 1. The lowest BCUT2D eigenvalue weighted by atomic mass is 9.76. The maximum absolute atomic E-state index is 12.6. The van der Waals surface area contributed by atoms with Gasteiger partial charge in [-0.1, -0.05) is 18.2 Å². The molecule has 124 valence electrons. The average molecular weight is 319 g/mol.